The molecule has 0 saturated heterocycles. The van der Waals surface area contributed by atoms with Crippen molar-refractivity contribution < 1.29 is 22.7 Å². The number of benzene rings is 2. The molecular formula is C18H17F3N2O2. The average molecular weight is 350 g/mol. The number of amides is 1. The van der Waals surface area contributed by atoms with E-state index in [0.29, 0.717) is 5.69 Å². The molecule has 1 amide bonds. The molecule has 25 heavy (non-hydrogen) atoms. The van der Waals surface area contributed by atoms with Crippen molar-refractivity contribution in [1.29, 1.82) is 0 Å². The minimum Gasteiger partial charge on any atom is -0.406 e. The molecule has 1 N–H and O–H groups in total. The molecular weight excluding hydrogens is 333 g/mol. The number of hydrogen-bond donors (Lipinski definition) is 1. The minimum atomic E-state index is -4.75. The van der Waals surface area contributed by atoms with Gasteiger partial charge in [0.1, 0.15) is 5.75 Å². The molecule has 0 radical (unpaired) electrons. The molecule has 132 valence electrons. The predicted molar refractivity (Wildman–Crippen MR) is 89.1 cm³/mol. The fourth-order valence-electron chi connectivity index (χ4n) is 2.86. The number of ether oxygens (including phenoxy) is 1. The standard InChI is InChI=1S/C18H17F3N2O2/c1-2-23-10-9-12-3-6-14(11-16(12)23)22-17(24)13-4-7-15(8-5-13)25-18(19,20)21/h3-8,11H,2,9-10H2,1H3,(H,22,24). The number of carbonyl (C=O) groups excluding carboxylic acids is 1. The zero-order valence-corrected chi connectivity index (χ0v) is 13.6. The number of carbonyl (C=O) groups is 1. The van der Waals surface area contributed by atoms with Gasteiger partial charge in [0.05, 0.1) is 0 Å². The van der Waals surface area contributed by atoms with Gasteiger partial charge in [0.15, 0.2) is 0 Å². The van der Waals surface area contributed by atoms with Gasteiger partial charge in [0.25, 0.3) is 5.91 Å². The average Bonchev–Trinajstić information content (AvgIpc) is 2.96. The Kier molecular flexibility index (Phi) is 4.57. The Bertz CT molecular complexity index is 773. The number of alkyl halides is 3. The SMILES string of the molecule is CCN1CCc2ccc(NC(=O)c3ccc(OC(F)(F)F)cc3)cc21. The monoisotopic (exact) mass is 350 g/mol. The zero-order valence-electron chi connectivity index (χ0n) is 13.6. The van der Waals surface area contributed by atoms with Crippen LogP contribution in [-0.4, -0.2) is 25.4 Å². The van der Waals surface area contributed by atoms with Crippen molar-refractivity contribution in [2.45, 2.75) is 19.7 Å². The molecule has 4 nitrogen and oxygen atoms in total. The van der Waals surface area contributed by atoms with Gasteiger partial charge in [-0.15, -0.1) is 13.2 Å². The van der Waals surface area contributed by atoms with Crippen molar-refractivity contribution in [1.82, 2.24) is 0 Å². The fraction of sp³-hybridized carbons (Fsp3) is 0.278. The summed E-state index contributed by atoms with van der Waals surface area (Å²) < 4.78 is 40.2. The van der Waals surface area contributed by atoms with Crippen molar-refractivity contribution >= 4 is 17.3 Å². The first-order valence-electron chi connectivity index (χ1n) is 7.91. The lowest BCUT2D eigenvalue weighted by molar-refractivity contribution is -0.274. The second kappa shape index (κ2) is 6.66. The summed E-state index contributed by atoms with van der Waals surface area (Å²) in [6, 6.07) is 10.6. The Morgan fingerprint density at radius 1 is 1.20 bits per heavy atom. The normalized spacial score (nSPS) is 13.5. The van der Waals surface area contributed by atoms with E-state index in [0.717, 1.165) is 37.3 Å². The molecule has 2 aromatic rings. The topological polar surface area (TPSA) is 41.6 Å². The predicted octanol–water partition coefficient (Wildman–Crippen LogP) is 4.22. The second-order valence-corrected chi connectivity index (χ2v) is 5.70. The summed E-state index contributed by atoms with van der Waals surface area (Å²) in [6.45, 7) is 3.93. The molecule has 0 unspecified atom stereocenters. The van der Waals surface area contributed by atoms with Crippen molar-refractivity contribution in [3.63, 3.8) is 0 Å². The van der Waals surface area contributed by atoms with E-state index in [9.17, 15) is 18.0 Å². The second-order valence-electron chi connectivity index (χ2n) is 5.70. The molecule has 0 fully saturated rings. The molecule has 0 saturated carbocycles. The Hall–Kier alpha value is -2.70. The number of fused-ring (bicyclic) bond motifs is 1. The van der Waals surface area contributed by atoms with E-state index in [1.165, 1.54) is 17.7 Å². The Morgan fingerprint density at radius 3 is 2.56 bits per heavy atom. The van der Waals surface area contributed by atoms with Crippen LogP contribution in [0.5, 0.6) is 5.75 Å². The maximum absolute atomic E-state index is 12.3. The van der Waals surface area contributed by atoms with Crippen molar-refractivity contribution in [2.24, 2.45) is 0 Å². The van der Waals surface area contributed by atoms with E-state index in [2.05, 4.69) is 21.9 Å². The molecule has 1 aliphatic rings. The maximum atomic E-state index is 12.3. The Labute approximate surface area is 143 Å². The third kappa shape index (κ3) is 4.04. The highest BCUT2D eigenvalue weighted by Gasteiger charge is 2.31. The third-order valence-electron chi connectivity index (χ3n) is 4.07. The van der Waals surface area contributed by atoms with Crippen LogP contribution in [0.3, 0.4) is 0 Å². The molecule has 0 aliphatic carbocycles. The lowest BCUT2D eigenvalue weighted by Gasteiger charge is -2.17. The summed E-state index contributed by atoms with van der Waals surface area (Å²) in [7, 11) is 0. The summed E-state index contributed by atoms with van der Waals surface area (Å²) in [4.78, 5) is 14.5. The highest BCUT2D eigenvalue weighted by molar-refractivity contribution is 6.04. The fourth-order valence-corrected chi connectivity index (χ4v) is 2.86. The maximum Gasteiger partial charge on any atom is 0.573 e. The van der Waals surface area contributed by atoms with Crippen LogP contribution in [0.15, 0.2) is 42.5 Å². The summed E-state index contributed by atoms with van der Waals surface area (Å²) >= 11 is 0. The largest absolute Gasteiger partial charge is 0.573 e. The molecule has 3 rings (SSSR count). The number of halogens is 3. The van der Waals surface area contributed by atoms with Gasteiger partial charge in [-0.3, -0.25) is 4.79 Å². The van der Waals surface area contributed by atoms with Crippen LogP contribution < -0.4 is 15.0 Å². The van der Waals surface area contributed by atoms with E-state index in [-0.39, 0.29) is 17.2 Å². The summed E-state index contributed by atoms with van der Waals surface area (Å²) in [5.41, 5.74) is 3.25. The lowest BCUT2D eigenvalue weighted by atomic mass is 10.1. The van der Waals surface area contributed by atoms with E-state index < -0.39 is 6.36 Å². The van der Waals surface area contributed by atoms with Gasteiger partial charge in [-0.25, -0.2) is 0 Å². The van der Waals surface area contributed by atoms with E-state index >= 15 is 0 Å². The van der Waals surface area contributed by atoms with Crippen LogP contribution in [0.4, 0.5) is 24.5 Å². The number of rotatable bonds is 4. The number of nitrogens with one attached hydrogen (secondary N) is 1. The lowest BCUT2D eigenvalue weighted by Crippen LogP contribution is -2.19. The van der Waals surface area contributed by atoms with Gasteiger partial charge in [0.2, 0.25) is 0 Å². The number of likely N-dealkylation sites (N-methyl/N-ethyl adjacent to an activating group) is 1. The summed E-state index contributed by atoms with van der Waals surface area (Å²) in [5, 5.41) is 2.77. The molecule has 0 bridgehead atoms. The Balaban J connectivity index is 1.70. The van der Waals surface area contributed by atoms with Gasteiger partial charge in [0, 0.05) is 30.0 Å². The van der Waals surface area contributed by atoms with Gasteiger partial charge >= 0.3 is 6.36 Å². The molecule has 0 aromatic heterocycles. The van der Waals surface area contributed by atoms with Gasteiger partial charge in [-0.05, 0) is 55.3 Å². The van der Waals surface area contributed by atoms with Crippen molar-refractivity contribution in [3.8, 4) is 5.75 Å². The summed E-state index contributed by atoms with van der Waals surface area (Å²) in [5.74, 6) is -0.750. The molecule has 2 aromatic carbocycles. The van der Waals surface area contributed by atoms with Crippen LogP contribution in [0, 0.1) is 0 Å². The smallest absolute Gasteiger partial charge is 0.406 e. The van der Waals surface area contributed by atoms with E-state index in [4.69, 9.17) is 0 Å². The van der Waals surface area contributed by atoms with E-state index in [1.54, 1.807) is 0 Å². The van der Waals surface area contributed by atoms with Crippen molar-refractivity contribution in [3.05, 3.63) is 53.6 Å². The Morgan fingerprint density at radius 2 is 1.92 bits per heavy atom. The zero-order chi connectivity index (χ0) is 18.0. The van der Waals surface area contributed by atoms with Crippen molar-refractivity contribution in [2.75, 3.05) is 23.3 Å². The first-order valence-corrected chi connectivity index (χ1v) is 7.91. The quantitative estimate of drug-likeness (QED) is 0.898. The van der Waals surface area contributed by atoms with Crippen LogP contribution in [0.25, 0.3) is 0 Å². The number of nitrogens with zero attached hydrogens (tertiary/aromatic N) is 1. The minimum absolute atomic E-state index is 0.252. The molecule has 7 heteroatoms. The van der Waals surface area contributed by atoms with Crippen LogP contribution in [0.2, 0.25) is 0 Å². The first kappa shape index (κ1) is 17.1. The molecule has 0 atom stereocenters. The van der Waals surface area contributed by atoms with Crippen LogP contribution >= 0.6 is 0 Å². The van der Waals surface area contributed by atoms with Gasteiger partial charge in [-0.2, -0.15) is 0 Å². The number of anilines is 2. The molecule has 0 spiro atoms. The van der Waals surface area contributed by atoms with E-state index in [1.807, 2.05) is 18.2 Å². The van der Waals surface area contributed by atoms with Crippen LogP contribution in [-0.2, 0) is 6.42 Å². The highest BCUT2D eigenvalue weighted by Crippen LogP contribution is 2.30. The third-order valence-corrected chi connectivity index (χ3v) is 4.07. The first-order chi connectivity index (χ1) is 11.9. The van der Waals surface area contributed by atoms with Crippen LogP contribution in [0.1, 0.15) is 22.8 Å². The number of hydrogen-bond acceptors (Lipinski definition) is 3. The van der Waals surface area contributed by atoms with Gasteiger partial charge in [-0.1, -0.05) is 6.07 Å². The molecule has 1 aliphatic heterocycles. The highest BCUT2D eigenvalue weighted by atomic mass is 19.4. The van der Waals surface area contributed by atoms with Gasteiger partial charge < -0.3 is 15.0 Å². The molecule has 1 heterocycles. The summed E-state index contributed by atoms with van der Waals surface area (Å²) in [6.07, 6.45) is -3.77.